The monoisotopic (exact) mass is 342 g/mol. The summed E-state index contributed by atoms with van der Waals surface area (Å²) in [6, 6.07) is 0. The normalized spacial score (nSPS) is 38.8. The molecule has 5 heteroatoms. The van der Waals surface area contributed by atoms with Crippen molar-refractivity contribution in [3.8, 4) is 0 Å². The number of rotatable bonds is 2. The van der Waals surface area contributed by atoms with E-state index in [0.29, 0.717) is 17.1 Å². The lowest BCUT2D eigenvalue weighted by atomic mass is 9.82. The van der Waals surface area contributed by atoms with Gasteiger partial charge in [0.15, 0.2) is 0 Å². The maximum atomic E-state index is 12.4. The zero-order valence-corrected chi connectivity index (χ0v) is 14.3. The Bertz CT molecular complexity index is 728. The van der Waals surface area contributed by atoms with Crippen molar-refractivity contribution in [2.75, 3.05) is 0 Å². The van der Waals surface area contributed by atoms with Gasteiger partial charge in [0.05, 0.1) is 11.8 Å². The molecule has 0 N–H and O–H groups in total. The molecule has 2 heterocycles. The maximum absolute atomic E-state index is 12.4. The number of hydrogen-bond donors (Lipinski definition) is 0. The Labute approximate surface area is 147 Å². The minimum atomic E-state index is -0.776. The first-order chi connectivity index (χ1) is 12.0. The van der Waals surface area contributed by atoms with Crippen LogP contribution in [-0.4, -0.2) is 24.3 Å². The fourth-order valence-corrected chi connectivity index (χ4v) is 4.51. The highest BCUT2D eigenvalue weighted by atomic mass is 16.7. The van der Waals surface area contributed by atoms with Gasteiger partial charge in [-0.2, -0.15) is 0 Å². The Kier molecular flexibility index (Phi) is 3.82. The van der Waals surface area contributed by atoms with Crippen molar-refractivity contribution < 1.29 is 23.8 Å². The lowest BCUT2D eigenvalue weighted by Gasteiger charge is -2.26. The molecule has 0 aromatic carbocycles. The van der Waals surface area contributed by atoms with Crippen molar-refractivity contribution in [3.63, 3.8) is 0 Å². The van der Waals surface area contributed by atoms with Crippen LogP contribution in [0.25, 0.3) is 0 Å². The zero-order chi connectivity index (χ0) is 17.7. The van der Waals surface area contributed by atoms with Crippen LogP contribution in [0.15, 0.2) is 47.8 Å². The molecule has 2 saturated carbocycles. The predicted octanol–water partition coefficient (Wildman–Crippen LogP) is 3.19. The van der Waals surface area contributed by atoms with Gasteiger partial charge in [-0.15, -0.1) is 0 Å². The van der Waals surface area contributed by atoms with Crippen LogP contribution in [0.2, 0.25) is 0 Å². The molecule has 132 valence electrons. The summed E-state index contributed by atoms with van der Waals surface area (Å²) >= 11 is 0. The lowest BCUT2D eigenvalue weighted by Crippen LogP contribution is -2.28. The summed E-state index contributed by atoms with van der Waals surface area (Å²) in [6.45, 7) is 10.1. The molecule has 3 fully saturated rings. The smallest absolute Gasteiger partial charge is 0.337 e. The van der Waals surface area contributed by atoms with E-state index in [-0.39, 0.29) is 23.9 Å². The van der Waals surface area contributed by atoms with E-state index >= 15 is 0 Å². The van der Waals surface area contributed by atoms with E-state index in [4.69, 9.17) is 14.2 Å². The second-order valence-electron chi connectivity index (χ2n) is 7.34. The van der Waals surface area contributed by atoms with Crippen molar-refractivity contribution in [1.82, 2.24) is 0 Å². The number of allylic oxidation sites excluding steroid dienone is 1. The third-order valence-corrected chi connectivity index (χ3v) is 5.87. The highest BCUT2D eigenvalue weighted by molar-refractivity contribution is 5.91. The molecule has 0 radical (unpaired) electrons. The van der Waals surface area contributed by atoms with Gasteiger partial charge < -0.3 is 14.2 Å². The van der Waals surface area contributed by atoms with E-state index in [2.05, 4.69) is 13.2 Å². The van der Waals surface area contributed by atoms with Crippen LogP contribution in [0, 0.1) is 17.8 Å². The van der Waals surface area contributed by atoms with Gasteiger partial charge in [-0.05, 0) is 38.5 Å². The summed E-state index contributed by atoms with van der Waals surface area (Å²) < 4.78 is 16.3. The molecule has 0 aromatic heterocycles. The third-order valence-electron chi connectivity index (χ3n) is 5.87. The minimum absolute atomic E-state index is 0.0312. The second-order valence-corrected chi connectivity index (χ2v) is 7.34. The Morgan fingerprint density at radius 1 is 1.08 bits per heavy atom. The van der Waals surface area contributed by atoms with Crippen LogP contribution in [-0.2, 0) is 23.8 Å². The van der Waals surface area contributed by atoms with E-state index < -0.39 is 12.3 Å². The number of hydrogen-bond acceptors (Lipinski definition) is 5. The standard InChI is InChI=1S/C20H22O5/c1-10-4-7-14-15(9-23-16-8-12(3)19(21)24-16)20(22)25-18(14)17-11(2)5-6-13(10)17/h8-9,13-14,16-18H,1-2,4-7H2,3H3/b15-9+/t13-,14-,16+,17-,18-/m0/s1. The summed E-state index contributed by atoms with van der Waals surface area (Å²) in [6.07, 6.45) is 5.74. The fourth-order valence-electron chi connectivity index (χ4n) is 4.51. The van der Waals surface area contributed by atoms with Crippen LogP contribution in [0.5, 0.6) is 0 Å². The molecule has 0 amide bonds. The first-order valence-corrected chi connectivity index (χ1v) is 8.77. The van der Waals surface area contributed by atoms with Crippen LogP contribution in [0.4, 0.5) is 0 Å². The van der Waals surface area contributed by atoms with Gasteiger partial charge in [0, 0.05) is 23.5 Å². The number of ether oxygens (including phenoxy) is 3. The van der Waals surface area contributed by atoms with E-state index in [0.717, 1.165) is 31.3 Å². The lowest BCUT2D eigenvalue weighted by molar-refractivity contribution is -0.152. The third kappa shape index (κ3) is 2.62. The van der Waals surface area contributed by atoms with Gasteiger partial charge >= 0.3 is 11.9 Å². The predicted molar refractivity (Wildman–Crippen MR) is 89.9 cm³/mol. The number of cyclic esters (lactones) is 1. The highest BCUT2D eigenvalue weighted by Gasteiger charge is 2.51. The van der Waals surface area contributed by atoms with Gasteiger partial charge in [-0.3, -0.25) is 0 Å². The SMILES string of the molecule is C=C1CC[C@H]2C(=C)CC[C@H]3/C(=C\O[C@H]4C=C(C)C(=O)O4)C(=O)O[C@@H]3[C@@H]12. The maximum Gasteiger partial charge on any atom is 0.337 e. The van der Waals surface area contributed by atoms with Crippen LogP contribution < -0.4 is 0 Å². The van der Waals surface area contributed by atoms with Gasteiger partial charge in [-0.25, -0.2) is 9.59 Å². The molecule has 25 heavy (non-hydrogen) atoms. The largest absolute Gasteiger partial charge is 0.458 e. The van der Waals surface area contributed by atoms with E-state index in [9.17, 15) is 9.59 Å². The first-order valence-electron chi connectivity index (χ1n) is 8.77. The van der Waals surface area contributed by atoms with Crippen molar-refractivity contribution in [2.24, 2.45) is 17.8 Å². The van der Waals surface area contributed by atoms with Crippen molar-refractivity contribution in [3.05, 3.63) is 47.8 Å². The van der Waals surface area contributed by atoms with Crippen molar-refractivity contribution >= 4 is 11.9 Å². The average molecular weight is 342 g/mol. The number of esters is 2. The molecule has 0 bridgehead atoms. The summed E-state index contributed by atoms with van der Waals surface area (Å²) in [7, 11) is 0. The Balaban J connectivity index is 1.57. The van der Waals surface area contributed by atoms with E-state index in [1.807, 2.05) is 0 Å². The Morgan fingerprint density at radius 3 is 2.52 bits per heavy atom. The molecule has 0 unspecified atom stereocenters. The molecule has 0 aromatic rings. The quantitative estimate of drug-likeness (QED) is 0.334. The van der Waals surface area contributed by atoms with Crippen LogP contribution in [0.1, 0.15) is 32.6 Å². The number of carbonyl (C=O) groups is 2. The summed E-state index contributed by atoms with van der Waals surface area (Å²) in [5, 5.41) is 0. The fraction of sp³-hybridized carbons (Fsp3) is 0.500. The minimum Gasteiger partial charge on any atom is -0.458 e. The van der Waals surface area contributed by atoms with Crippen LogP contribution in [0.3, 0.4) is 0 Å². The molecule has 4 aliphatic rings. The molecule has 4 rings (SSSR count). The molecule has 2 aliphatic carbocycles. The first kappa shape index (κ1) is 16.2. The van der Waals surface area contributed by atoms with E-state index in [1.54, 1.807) is 13.0 Å². The molecule has 0 spiro atoms. The Hall–Kier alpha value is -2.30. The highest BCUT2D eigenvalue weighted by Crippen LogP contribution is 2.52. The zero-order valence-electron chi connectivity index (χ0n) is 14.3. The van der Waals surface area contributed by atoms with Gasteiger partial charge in [-0.1, -0.05) is 24.3 Å². The molecular weight excluding hydrogens is 320 g/mol. The second kappa shape index (κ2) is 5.90. The van der Waals surface area contributed by atoms with Gasteiger partial charge in [0.2, 0.25) is 0 Å². The molecule has 2 aliphatic heterocycles. The summed E-state index contributed by atoms with van der Waals surface area (Å²) in [5.74, 6) is -0.258. The molecule has 5 atom stereocenters. The van der Waals surface area contributed by atoms with E-state index in [1.165, 1.54) is 11.8 Å². The van der Waals surface area contributed by atoms with Gasteiger partial charge in [0.25, 0.3) is 6.29 Å². The molecular formula is C20H22O5. The van der Waals surface area contributed by atoms with Crippen LogP contribution >= 0.6 is 0 Å². The summed E-state index contributed by atoms with van der Waals surface area (Å²) in [4.78, 5) is 23.8. The Morgan fingerprint density at radius 2 is 1.80 bits per heavy atom. The summed E-state index contributed by atoms with van der Waals surface area (Å²) in [5.41, 5.74) is 3.41. The topological polar surface area (TPSA) is 61.8 Å². The number of fused-ring (bicyclic) bond motifs is 3. The van der Waals surface area contributed by atoms with Gasteiger partial charge in [0.1, 0.15) is 6.10 Å². The van der Waals surface area contributed by atoms with Crippen molar-refractivity contribution in [2.45, 2.75) is 45.0 Å². The number of carbonyl (C=O) groups excluding carboxylic acids is 2. The average Bonchev–Trinajstić information content (AvgIpc) is 3.17. The molecule has 5 nitrogen and oxygen atoms in total. The van der Waals surface area contributed by atoms with Crippen molar-refractivity contribution in [1.29, 1.82) is 0 Å². The molecule has 1 saturated heterocycles.